The highest BCUT2D eigenvalue weighted by atomic mass is 35.5. The SMILES string of the molecule is CCS(=O)(=O)c1ccc(OC(CCCOC2CCN(C3NCC(C(=O)NC4C(C)(C)C(Oc5ccc(C#N)c(Cl)c5)C4(C)C)CN3)CC2)C2CC2)c(C2=CN(C)C(=O)C3NCCC23)c1. The van der Waals surface area contributed by atoms with Crippen LogP contribution in [0.25, 0.3) is 5.57 Å². The minimum Gasteiger partial charge on any atom is -0.490 e. The zero-order chi connectivity index (χ0) is 45.6. The van der Waals surface area contributed by atoms with Gasteiger partial charge in [-0.25, -0.2) is 8.42 Å². The van der Waals surface area contributed by atoms with Crippen molar-refractivity contribution in [2.24, 2.45) is 28.6 Å². The van der Waals surface area contributed by atoms with Crippen molar-refractivity contribution in [2.75, 3.05) is 52.1 Å². The molecule has 0 aromatic heterocycles. The number of sulfone groups is 1. The van der Waals surface area contributed by atoms with Gasteiger partial charge in [-0.05, 0) is 93.3 Å². The minimum absolute atomic E-state index is 0.00262. The fourth-order valence-corrected chi connectivity index (χ4v) is 12.3. The number of carbonyl (C=O) groups is 2. The molecule has 5 fully saturated rings. The van der Waals surface area contributed by atoms with Crippen molar-refractivity contribution >= 4 is 38.8 Å². The van der Waals surface area contributed by atoms with Crippen LogP contribution in [0.1, 0.15) is 90.7 Å². The Labute approximate surface area is 384 Å². The second-order valence-electron chi connectivity index (χ2n) is 19.9. The summed E-state index contributed by atoms with van der Waals surface area (Å²) in [4.78, 5) is 30.9. The number of amides is 2. The van der Waals surface area contributed by atoms with Gasteiger partial charge in [-0.3, -0.25) is 25.1 Å². The van der Waals surface area contributed by atoms with Crippen molar-refractivity contribution < 1.29 is 32.2 Å². The second-order valence-corrected chi connectivity index (χ2v) is 22.6. The molecule has 16 heteroatoms. The first-order valence-electron chi connectivity index (χ1n) is 23.3. The van der Waals surface area contributed by atoms with Crippen molar-refractivity contribution in [2.45, 2.75) is 121 Å². The first-order chi connectivity index (χ1) is 30.5. The number of hydrogen-bond donors (Lipinski definition) is 4. The lowest BCUT2D eigenvalue weighted by molar-refractivity contribution is -0.174. The summed E-state index contributed by atoms with van der Waals surface area (Å²) in [6.45, 7) is 14.4. The first kappa shape index (κ1) is 46.8. The van der Waals surface area contributed by atoms with Crippen LogP contribution in [0.15, 0.2) is 47.5 Å². The van der Waals surface area contributed by atoms with E-state index in [1.165, 1.54) is 0 Å². The molecule has 8 rings (SSSR count). The molecule has 0 radical (unpaired) electrons. The third kappa shape index (κ3) is 9.57. The second kappa shape index (κ2) is 18.9. The van der Waals surface area contributed by atoms with Crippen LogP contribution in [-0.4, -0.2) is 119 Å². The average Bonchev–Trinajstić information content (AvgIpc) is 4.02. The number of rotatable bonds is 16. The molecule has 64 heavy (non-hydrogen) atoms. The van der Waals surface area contributed by atoms with Crippen LogP contribution in [-0.2, 0) is 24.2 Å². The molecule has 3 saturated heterocycles. The predicted molar refractivity (Wildman–Crippen MR) is 245 cm³/mol. The Kier molecular flexibility index (Phi) is 13.8. The zero-order valence-corrected chi connectivity index (χ0v) is 39.7. The van der Waals surface area contributed by atoms with Crippen LogP contribution in [0, 0.1) is 39.9 Å². The van der Waals surface area contributed by atoms with Crippen molar-refractivity contribution in [1.29, 1.82) is 5.26 Å². The summed E-state index contributed by atoms with van der Waals surface area (Å²) >= 11 is 6.27. The number of nitriles is 1. The Hall–Kier alpha value is -3.75. The van der Waals surface area contributed by atoms with E-state index in [0.717, 1.165) is 75.7 Å². The molecule has 0 bridgehead atoms. The molecule has 4 aliphatic heterocycles. The van der Waals surface area contributed by atoms with Crippen LogP contribution in [0.3, 0.4) is 0 Å². The van der Waals surface area contributed by atoms with Crippen LogP contribution >= 0.6 is 11.6 Å². The molecule has 4 N–H and O–H groups in total. The molecule has 2 aromatic rings. The summed E-state index contributed by atoms with van der Waals surface area (Å²) in [6.07, 6.45) is 8.43. The Balaban J connectivity index is 0.783. The molecule has 2 aliphatic carbocycles. The predicted octanol–water partition coefficient (Wildman–Crippen LogP) is 5.31. The average molecular weight is 921 g/mol. The third-order valence-electron chi connectivity index (χ3n) is 14.8. The van der Waals surface area contributed by atoms with Crippen molar-refractivity contribution in [3.8, 4) is 17.6 Å². The summed E-state index contributed by atoms with van der Waals surface area (Å²) < 4.78 is 45.7. The number of benzene rings is 2. The number of nitrogens with zero attached hydrogens (tertiary/aromatic N) is 3. The fraction of sp³-hybridized carbons (Fsp3) is 0.646. The summed E-state index contributed by atoms with van der Waals surface area (Å²) in [5.41, 5.74) is 1.45. The normalized spacial score (nSPS) is 28.6. The van der Waals surface area contributed by atoms with E-state index in [1.54, 1.807) is 49.2 Å². The number of fused-ring (bicyclic) bond motifs is 1. The fourth-order valence-electron chi connectivity index (χ4n) is 11.2. The van der Waals surface area contributed by atoms with E-state index in [2.05, 4.69) is 59.9 Å². The number of carbonyl (C=O) groups excluding carboxylic acids is 2. The molecule has 2 amide bonds. The van der Waals surface area contributed by atoms with Gasteiger partial charge in [0.05, 0.1) is 39.3 Å². The molecule has 3 unspecified atom stereocenters. The standard InChI is InChI=1S/C48H66ClN7O7S/c1-7-64(59,60)34-14-15-40(36(24-34)37-28-55(6)43(58)41-35(37)16-19-51-41)63-39(29-10-11-29)9-8-22-61-32-17-20-56(21-18-32)46-52-26-31(27-53-46)42(57)54-44-47(2,3)45(48(44,4)5)62-33-13-12-30(25-50)38(49)23-33/h12-15,23-24,28-29,31-32,35,39,41,44-46,51-53H,7-11,16-22,26-27H2,1-6H3,(H,54,57). The Bertz CT molecular complexity index is 2230. The molecule has 0 spiro atoms. The number of likely N-dealkylation sites (tertiary alicyclic amines) is 1. The van der Waals surface area contributed by atoms with E-state index in [0.29, 0.717) is 47.7 Å². The largest absolute Gasteiger partial charge is 0.490 e. The van der Waals surface area contributed by atoms with Crippen molar-refractivity contribution in [1.82, 2.24) is 31.1 Å². The van der Waals surface area contributed by atoms with Crippen LogP contribution in [0.4, 0.5) is 0 Å². The summed E-state index contributed by atoms with van der Waals surface area (Å²) in [7, 11) is -1.69. The van der Waals surface area contributed by atoms with Crippen LogP contribution in [0.5, 0.6) is 11.5 Å². The van der Waals surface area contributed by atoms with E-state index < -0.39 is 9.84 Å². The lowest BCUT2D eigenvalue weighted by Crippen LogP contribution is -2.75. The highest BCUT2D eigenvalue weighted by Crippen LogP contribution is 2.56. The molecule has 348 valence electrons. The van der Waals surface area contributed by atoms with Crippen LogP contribution in [0.2, 0.25) is 5.02 Å². The Morgan fingerprint density at radius 1 is 1.02 bits per heavy atom. The molecular weight excluding hydrogens is 854 g/mol. The van der Waals surface area contributed by atoms with E-state index in [-0.39, 0.29) is 81.8 Å². The van der Waals surface area contributed by atoms with Gasteiger partial charge in [0, 0.05) is 80.5 Å². The zero-order valence-electron chi connectivity index (χ0n) is 38.1. The maximum absolute atomic E-state index is 13.6. The Morgan fingerprint density at radius 2 is 1.73 bits per heavy atom. The van der Waals surface area contributed by atoms with Gasteiger partial charge in [0.15, 0.2) is 9.84 Å². The van der Waals surface area contributed by atoms with Crippen LogP contribution < -0.4 is 30.7 Å². The lowest BCUT2D eigenvalue weighted by Gasteiger charge is -2.63. The van der Waals surface area contributed by atoms with Gasteiger partial charge in [0.1, 0.15) is 36.1 Å². The van der Waals surface area contributed by atoms with Crippen molar-refractivity contribution in [3.63, 3.8) is 0 Å². The molecule has 3 atom stereocenters. The number of likely N-dealkylation sites (N-methyl/N-ethyl adjacent to an activating group) is 1. The molecular formula is C48H66ClN7O7S. The quantitative estimate of drug-likeness (QED) is 0.160. The van der Waals surface area contributed by atoms with Gasteiger partial charge in [0.2, 0.25) is 11.8 Å². The lowest BCUT2D eigenvalue weighted by atomic mass is 9.49. The summed E-state index contributed by atoms with van der Waals surface area (Å²) in [5, 5.41) is 23.5. The monoisotopic (exact) mass is 919 g/mol. The highest BCUT2D eigenvalue weighted by Gasteiger charge is 2.64. The minimum atomic E-state index is -3.45. The molecule has 2 saturated carbocycles. The number of piperidine rings is 1. The van der Waals surface area contributed by atoms with E-state index >= 15 is 0 Å². The van der Waals surface area contributed by atoms with E-state index in [4.69, 9.17) is 25.8 Å². The van der Waals surface area contributed by atoms with Gasteiger partial charge in [-0.1, -0.05) is 46.2 Å². The molecule has 2 aromatic carbocycles. The third-order valence-corrected chi connectivity index (χ3v) is 16.8. The maximum atomic E-state index is 13.6. The topological polar surface area (TPSA) is 174 Å². The molecule has 4 heterocycles. The van der Waals surface area contributed by atoms with E-state index in [1.807, 2.05) is 12.3 Å². The molecule has 14 nitrogen and oxygen atoms in total. The smallest absolute Gasteiger partial charge is 0.244 e. The van der Waals surface area contributed by atoms with Gasteiger partial charge < -0.3 is 29.7 Å². The van der Waals surface area contributed by atoms with E-state index in [9.17, 15) is 23.3 Å². The van der Waals surface area contributed by atoms with Gasteiger partial charge in [0.25, 0.3) is 0 Å². The number of nitrogens with one attached hydrogen (secondary N) is 4. The maximum Gasteiger partial charge on any atom is 0.244 e. The van der Waals surface area contributed by atoms with Gasteiger partial charge in [-0.2, -0.15) is 5.26 Å². The highest BCUT2D eigenvalue weighted by molar-refractivity contribution is 7.91. The molecule has 6 aliphatic rings. The Morgan fingerprint density at radius 3 is 2.39 bits per heavy atom. The summed E-state index contributed by atoms with van der Waals surface area (Å²) in [6, 6.07) is 12.0. The van der Waals surface area contributed by atoms with Crippen molar-refractivity contribution in [3.05, 3.63) is 58.7 Å². The van der Waals surface area contributed by atoms with Gasteiger partial charge >= 0.3 is 0 Å². The first-order valence-corrected chi connectivity index (χ1v) is 25.3. The number of hydrogen-bond acceptors (Lipinski definition) is 12. The van der Waals surface area contributed by atoms with Gasteiger partial charge in [-0.15, -0.1) is 0 Å². The number of ether oxygens (including phenoxy) is 3. The summed E-state index contributed by atoms with van der Waals surface area (Å²) in [5.74, 6) is 1.54. The number of halogens is 1.